The van der Waals surface area contributed by atoms with Crippen LogP contribution in [0.5, 0.6) is 0 Å². The van der Waals surface area contributed by atoms with E-state index in [2.05, 4.69) is 32.3 Å². The molecule has 7 heteroatoms. The maximum Gasteiger partial charge on any atom is 0.272 e. The first-order valence-corrected chi connectivity index (χ1v) is 10.1. The van der Waals surface area contributed by atoms with Crippen molar-refractivity contribution in [1.29, 1.82) is 0 Å². The van der Waals surface area contributed by atoms with Crippen LogP contribution >= 0.6 is 0 Å². The SMILES string of the molecule is CC(C)NC(=O)C1CN(Cc2ccccc2)CC12CN(C(=O)c1ccncn1)C2. The summed E-state index contributed by atoms with van der Waals surface area (Å²) in [6.07, 6.45) is 2.96. The first kappa shape index (κ1) is 19.5. The summed E-state index contributed by atoms with van der Waals surface area (Å²) in [5, 5.41) is 3.08. The van der Waals surface area contributed by atoms with Gasteiger partial charge in [-0.3, -0.25) is 14.5 Å². The molecule has 152 valence electrons. The fourth-order valence-corrected chi connectivity index (χ4v) is 4.54. The largest absolute Gasteiger partial charge is 0.354 e. The van der Waals surface area contributed by atoms with Crippen molar-refractivity contribution >= 4 is 11.8 Å². The Bertz CT molecular complexity index is 865. The maximum atomic E-state index is 12.9. The number of benzene rings is 1. The van der Waals surface area contributed by atoms with Crippen LogP contribution < -0.4 is 5.32 Å². The van der Waals surface area contributed by atoms with Gasteiger partial charge < -0.3 is 10.2 Å². The predicted octanol–water partition coefficient (Wildman–Crippen LogP) is 1.58. The number of carbonyl (C=O) groups excluding carboxylic acids is 2. The van der Waals surface area contributed by atoms with Gasteiger partial charge in [0.15, 0.2) is 0 Å². The molecule has 0 saturated carbocycles. The molecule has 2 aliphatic rings. The minimum atomic E-state index is -0.198. The van der Waals surface area contributed by atoms with Crippen LogP contribution in [0, 0.1) is 11.3 Å². The highest BCUT2D eigenvalue weighted by Crippen LogP contribution is 2.45. The standard InChI is InChI=1S/C22H27N5O2/c1-16(2)25-20(28)18-11-26(10-17-6-4-3-5-7-17)12-22(18)13-27(14-22)21(29)19-8-9-23-15-24-19/h3-9,15-16,18H,10-14H2,1-2H3,(H,25,28). The van der Waals surface area contributed by atoms with Crippen LogP contribution in [0.3, 0.4) is 0 Å². The summed E-state index contributed by atoms with van der Waals surface area (Å²) >= 11 is 0. The van der Waals surface area contributed by atoms with Crippen molar-refractivity contribution in [2.45, 2.75) is 26.4 Å². The second kappa shape index (κ2) is 7.91. The van der Waals surface area contributed by atoms with Crippen molar-refractivity contribution in [3.8, 4) is 0 Å². The number of hydrogen-bond donors (Lipinski definition) is 1. The van der Waals surface area contributed by atoms with Gasteiger partial charge in [0, 0.05) is 50.4 Å². The number of amides is 2. The molecule has 2 aliphatic heterocycles. The second-order valence-electron chi connectivity index (χ2n) is 8.49. The van der Waals surface area contributed by atoms with Crippen LogP contribution in [0.2, 0.25) is 0 Å². The zero-order chi connectivity index (χ0) is 20.4. The van der Waals surface area contributed by atoms with E-state index in [0.717, 1.165) is 13.1 Å². The lowest BCUT2D eigenvalue weighted by molar-refractivity contribution is -0.131. The predicted molar refractivity (Wildman–Crippen MR) is 109 cm³/mol. The van der Waals surface area contributed by atoms with Gasteiger partial charge in [0.05, 0.1) is 5.92 Å². The van der Waals surface area contributed by atoms with Crippen molar-refractivity contribution in [1.82, 2.24) is 25.1 Å². The van der Waals surface area contributed by atoms with Crippen LogP contribution in [0.1, 0.15) is 29.9 Å². The van der Waals surface area contributed by atoms with Gasteiger partial charge in [-0.2, -0.15) is 0 Å². The highest BCUT2D eigenvalue weighted by molar-refractivity contribution is 5.93. The Kier molecular flexibility index (Phi) is 5.32. The van der Waals surface area contributed by atoms with Crippen LogP contribution in [0.15, 0.2) is 48.9 Å². The molecular weight excluding hydrogens is 366 g/mol. The maximum absolute atomic E-state index is 12.9. The molecule has 0 radical (unpaired) electrons. The van der Waals surface area contributed by atoms with Gasteiger partial charge in [-0.15, -0.1) is 0 Å². The molecule has 1 spiro atoms. The van der Waals surface area contributed by atoms with Gasteiger partial charge >= 0.3 is 0 Å². The molecule has 0 bridgehead atoms. The van der Waals surface area contributed by atoms with Gasteiger partial charge in [-0.05, 0) is 25.5 Å². The van der Waals surface area contributed by atoms with E-state index >= 15 is 0 Å². The number of hydrogen-bond acceptors (Lipinski definition) is 5. The fraction of sp³-hybridized carbons (Fsp3) is 0.455. The van der Waals surface area contributed by atoms with E-state index in [0.29, 0.717) is 25.3 Å². The second-order valence-corrected chi connectivity index (χ2v) is 8.49. The quantitative estimate of drug-likeness (QED) is 0.834. The molecule has 1 unspecified atom stereocenters. The summed E-state index contributed by atoms with van der Waals surface area (Å²) in [5.41, 5.74) is 1.44. The molecule has 2 fully saturated rings. The number of nitrogens with zero attached hydrogens (tertiary/aromatic N) is 4. The summed E-state index contributed by atoms with van der Waals surface area (Å²) in [7, 11) is 0. The monoisotopic (exact) mass is 393 g/mol. The lowest BCUT2D eigenvalue weighted by Crippen LogP contribution is -2.64. The molecule has 1 aromatic carbocycles. The third-order valence-electron chi connectivity index (χ3n) is 5.81. The van der Waals surface area contributed by atoms with Crippen molar-refractivity contribution in [3.05, 3.63) is 60.2 Å². The average molecular weight is 393 g/mol. The zero-order valence-corrected chi connectivity index (χ0v) is 16.9. The topological polar surface area (TPSA) is 78.4 Å². The molecular formula is C22H27N5O2. The molecule has 3 heterocycles. The van der Waals surface area contributed by atoms with Crippen LogP contribution in [0.25, 0.3) is 0 Å². The Hall–Kier alpha value is -2.80. The van der Waals surface area contributed by atoms with E-state index in [1.807, 2.05) is 32.0 Å². The van der Waals surface area contributed by atoms with Gasteiger partial charge in [0.25, 0.3) is 5.91 Å². The molecule has 2 amide bonds. The van der Waals surface area contributed by atoms with Crippen molar-refractivity contribution in [3.63, 3.8) is 0 Å². The number of carbonyl (C=O) groups is 2. The first-order valence-electron chi connectivity index (χ1n) is 10.1. The van der Waals surface area contributed by atoms with Gasteiger partial charge in [0.2, 0.25) is 5.91 Å². The zero-order valence-electron chi connectivity index (χ0n) is 16.9. The van der Waals surface area contributed by atoms with Gasteiger partial charge in [-0.25, -0.2) is 9.97 Å². The first-order chi connectivity index (χ1) is 14.0. The van der Waals surface area contributed by atoms with Crippen LogP contribution in [-0.4, -0.2) is 63.8 Å². The summed E-state index contributed by atoms with van der Waals surface area (Å²) in [6, 6.07) is 12.0. The van der Waals surface area contributed by atoms with E-state index < -0.39 is 0 Å². The molecule has 4 rings (SSSR count). The summed E-state index contributed by atoms with van der Waals surface area (Å²) < 4.78 is 0. The highest BCUT2D eigenvalue weighted by atomic mass is 16.2. The molecule has 29 heavy (non-hydrogen) atoms. The summed E-state index contributed by atoms with van der Waals surface area (Å²) in [4.78, 5) is 37.7. The number of nitrogens with one attached hydrogen (secondary N) is 1. The van der Waals surface area contributed by atoms with E-state index in [1.165, 1.54) is 11.9 Å². The van der Waals surface area contributed by atoms with E-state index in [4.69, 9.17) is 0 Å². The van der Waals surface area contributed by atoms with E-state index in [-0.39, 0.29) is 29.2 Å². The molecule has 1 aromatic heterocycles. The molecule has 0 aliphatic carbocycles. The van der Waals surface area contributed by atoms with Crippen molar-refractivity contribution in [2.75, 3.05) is 26.2 Å². The summed E-state index contributed by atoms with van der Waals surface area (Å²) in [5.74, 6) is -0.129. The fourth-order valence-electron chi connectivity index (χ4n) is 4.54. The normalized spacial score (nSPS) is 20.7. The third kappa shape index (κ3) is 4.00. The van der Waals surface area contributed by atoms with E-state index in [1.54, 1.807) is 17.2 Å². The number of aromatic nitrogens is 2. The molecule has 7 nitrogen and oxygen atoms in total. The Labute approximate surface area is 171 Å². The van der Waals surface area contributed by atoms with Crippen molar-refractivity contribution < 1.29 is 9.59 Å². The Balaban J connectivity index is 1.48. The molecule has 1 N–H and O–H groups in total. The minimum absolute atomic E-state index is 0.0877. The highest BCUT2D eigenvalue weighted by Gasteiger charge is 2.57. The molecule has 2 aromatic rings. The number of rotatable bonds is 5. The van der Waals surface area contributed by atoms with Gasteiger partial charge in [-0.1, -0.05) is 30.3 Å². The van der Waals surface area contributed by atoms with E-state index in [9.17, 15) is 9.59 Å². The third-order valence-corrected chi connectivity index (χ3v) is 5.81. The number of likely N-dealkylation sites (tertiary alicyclic amines) is 2. The lowest BCUT2D eigenvalue weighted by Gasteiger charge is -2.50. The Morgan fingerprint density at radius 1 is 1.17 bits per heavy atom. The Morgan fingerprint density at radius 3 is 2.59 bits per heavy atom. The Morgan fingerprint density at radius 2 is 1.93 bits per heavy atom. The smallest absolute Gasteiger partial charge is 0.272 e. The van der Waals surface area contributed by atoms with Crippen LogP contribution in [-0.2, 0) is 11.3 Å². The van der Waals surface area contributed by atoms with Gasteiger partial charge in [0.1, 0.15) is 12.0 Å². The lowest BCUT2D eigenvalue weighted by atomic mass is 9.71. The minimum Gasteiger partial charge on any atom is -0.354 e. The molecule has 1 atom stereocenters. The molecule has 2 saturated heterocycles. The average Bonchev–Trinajstić information content (AvgIpc) is 3.07. The van der Waals surface area contributed by atoms with Crippen molar-refractivity contribution in [2.24, 2.45) is 11.3 Å². The summed E-state index contributed by atoms with van der Waals surface area (Å²) in [6.45, 7) is 7.46. The van der Waals surface area contributed by atoms with Crippen LogP contribution in [0.4, 0.5) is 0 Å².